The van der Waals surface area contributed by atoms with Crippen molar-refractivity contribution in [3.63, 3.8) is 0 Å². The molecule has 1 aromatic carbocycles. The number of phenolic OH excluding ortho intramolecular Hbond substituents is 1. The van der Waals surface area contributed by atoms with Gasteiger partial charge in [-0.3, -0.25) is 0 Å². The van der Waals surface area contributed by atoms with Gasteiger partial charge in [0.25, 0.3) is 0 Å². The number of fused-ring (bicyclic) bond motifs is 2. The van der Waals surface area contributed by atoms with E-state index in [-0.39, 0.29) is 10.8 Å². The molecule has 140 valence electrons. The van der Waals surface area contributed by atoms with Crippen molar-refractivity contribution in [1.82, 2.24) is 0 Å². The van der Waals surface area contributed by atoms with Crippen molar-refractivity contribution in [2.75, 3.05) is 0 Å². The van der Waals surface area contributed by atoms with Gasteiger partial charge in [-0.1, -0.05) is 74.4 Å². The Labute approximate surface area is 155 Å². The van der Waals surface area contributed by atoms with E-state index < -0.39 is 0 Å². The SMILES string of the molecule is CC1C2CC(c3cc(C(C)(C)C)cc(C(C)(C)C)c3O)C(C2)C1(C)C. The van der Waals surface area contributed by atoms with E-state index in [2.05, 4.69) is 74.4 Å². The fourth-order valence-electron chi connectivity index (χ4n) is 5.54. The minimum atomic E-state index is -0.0411. The topological polar surface area (TPSA) is 20.2 Å². The van der Waals surface area contributed by atoms with Gasteiger partial charge in [-0.2, -0.15) is 0 Å². The number of hydrogen-bond acceptors (Lipinski definition) is 1. The summed E-state index contributed by atoms with van der Waals surface area (Å²) >= 11 is 0. The average molecular weight is 343 g/mol. The van der Waals surface area contributed by atoms with E-state index in [1.54, 1.807) is 0 Å². The van der Waals surface area contributed by atoms with E-state index in [0.717, 1.165) is 17.4 Å². The Bertz CT molecular complexity index is 669. The lowest BCUT2D eigenvalue weighted by Gasteiger charge is -2.42. The third-order valence-corrected chi connectivity index (χ3v) is 7.65. The lowest BCUT2D eigenvalue weighted by atomic mass is 9.63. The van der Waals surface area contributed by atoms with Crippen molar-refractivity contribution in [3.05, 3.63) is 28.8 Å². The molecule has 2 aliphatic carbocycles. The van der Waals surface area contributed by atoms with Gasteiger partial charge >= 0.3 is 0 Å². The van der Waals surface area contributed by atoms with Gasteiger partial charge in [0.15, 0.2) is 0 Å². The number of phenols is 1. The second-order valence-corrected chi connectivity index (χ2v) is 11.5. The molecule has 0 aliphatic heterocycles. The van der Waals surface area contributed by atoms with E-state index in [1.807, 2.05) is 0 Å². The van der Waals surface area contributed by atoms with Crippen LogP contribution in [0.2, 0.25) is 0 Å². The largest absolute Gasteiger partial charge is 0.507 e. The molecule has 4 atom stereocenters. The summed E-state index contributed by atoms with van der Waals surface area (Å²) in [4.78, 5) is 0. The maximum atomic E-state index is 11.2. The fourth-order valence-corrected chi connectivity index (χ4v) is 5.54. The smallest absolute Gasteiger partial charge is 0.122 e. The molecule has 2 fully saturated rings. The first-order valence-electron chi connectivity index (χ1n) is 10.1. The van der Waals surface area contributed by atoms with Crippen molar-refractivity contribution in [1.29, 1.82) is 0 Å². The van der Waals surface area contributed by atoms with Gasteiger partial charge in [0.2, 0.25) is 0 Å². The standard InChI is InChI=1S/C24H38O/c1-14-15-10-17(19(11-15)24(14,8)9)18-12-16(22(2,3)4)13-20(21(18)25)23(5,6)7/h12-15,17,19,25H,10-11H2,1-9H3. The van der Waals surface area contributed by atoms with Crippen LogP contribution in [0.5, 0.6) is 5.75 Å². The highest BCUT2D eigenvalue weighted by molar-refractivity contribution is 5.51. The van der Waals surface area contributed by atoms with Crippen LogP contribution in [0.4, 0.5) is 0 Å². The number of hydrogen-bond donors (Lipinski definition) is 1. The van der Waals surface area contributed by atoms with Crippen LogP contribution >= 0.6 is 0 Å². The van der Waals surface area contributed by atoms with E-state index >= 15 is 0 Å². The lowest BCUT2D eigenvalue weighted by molar-refractivity contribution is 0.117. The van der Waals surface area contributed by atoms with Gasteiger partial charge in [-0.25, -0.2) is 0 Å². The molecular formula is C24H38O. The van der Waals surface area contributed by atoms with Gasteiger partial charge in [0.05, 0.1) is 0 Å². The second-order valence-electron chi connectivity index (χ2n) is 11.5. The molecule has 2 aliphatic rings. The zero-order valence-electron chi connectivity index (χ0n) is 17.8. The highest BCUT2D eigenvalue weighted by Crippen LogP contribution is 2.65. The van der Waals surface area contributed by atoms with Crippen molar-refractivity contribution in [2.45, 2.75) is 91.9 Å². The molecule has 0 spiro atoms. The highest BCUT2D eigenvalue weighted by Gasteiger charge is 2.56. The molecule has 25 heavy (non-hydrogen) atoms. The van der Waals surface area contributed by atoms with E-state index in [9.17, 15) is 5.11 Å². The van der Waals surface area contributed by atoms with Crippen molar-refractivity contribution in [2.24, 2.45) is 23.2 Å². The summed E-state index contributed by atoms with van der Waals surface area (Å²) in [5.74, 6) is 3.40. The fraction of sp³-hybridized carbons (Fsp3) is 0.750. The summed E-state index contributed by atoms with van der Waals surface area (Å²) in [6.45, 7) is 20.8. The second kappa shape index (κ2) is 5.51. The maximum Gasteiger partial charge on any atom is 0.122 e. The first kappa shape index (κ1) is 18.8. The average Bonchev–Trinajstić information content (AvgIpc) is 2.96. The van der Waals surface area contributed by atoms with Crippen LogP contribution in [0, 0.1) is 23.2 Å². The molecule has 1 N–H and O–H groups in total. The van der Waals surface area contributed by atoms with Crippen LogP contribution in [-0.2, 0) is 10.8 Å². The summed E-state index contributed by atoms with van der Waals surface area (Å²) in [5.41, 5.74) is 4.13. The minimum absolute atomic E-state index is 0.0411. The van der Waals surface area contributed by atoms with Gasteiger partial charge in [0, 0.05) is 0 Å². The molecule has 1 heteroatoms. The molecule has 0 saturated heterocycles. The zero-order valence-corrected chi connectivity index (χ0v) is 17.8. The predicted octanol–water partition coefficient (Wildman–Crippen LogP) is 6.77. The highest BCUT2D eigenvalue weighted by atomic mass is 16.3. The van der Waals surface area contributed by atoms with Gasteiger partial charge in [-0.05, 0) is 69.4 Å². The van der Waals surface area contributed by atoms with Crippen LogP contribution in [0.15, 0.2) is 12.1 Å². The predicted molar refractivity (Wildman–Crippen MR) is 107 cm³/mol. The molecule has 2 bridgehead atoms. The number of rotatable bonds is 1. The first-order valence-corrected chi connectivity index (χ1v) is 10.1. The summed E-state index contributed by atoms with van der Waals surface area (Å²) in [6, 6.07) is 4.58. The molecule has 3 rings (SSSR count). The van der Waals surface area contributed by atoms with Gasteiger partial charge < -0.3 is 5.11 Å². The Morgan fingerprint density at radius 3 is 2.00 bits per heavy atom. The first-order chi connectivity index (χ1) is 11.2. The van der Waals surface area contributed by atoms with Crippen LogP contribution in [0.1, 0.15) is 97.8 Å². The van der Waals surface area contributed by atoms with E-state index in [4.69, 9.17) is 0 Å². The van der Waals surface area contributed by atoms with E-state index in [1.165, 1.54) is 24.0 Å². The van der Waals surface area contributed by atoms with Crippen LogP contribution in [-0.4, -0.2) is 5.11 Å². The third-order valence-electron chi connectivity index (χ3n) is 7.65. The minimum Gasteiger partial charge on any atom is -0.507 e. The normalized spacial score (nSPS) is 31.6. The Hall–Kier alpha value is -0.980. The molecule has 0 amide bonds. The molecule has 0 radical (unpaired) electrons. The quantitative estimate of drug-likeness (QED) is 0.597. The lowest BCUT2D eigenvalue weighted by Crippen LogP contribution is -2.33. The summed E-state index contributed by atoms with van der Waals surface area (Å²) < 4.78 is 0. The molecule has 2 saturated carbocycles. The summed E-state index contributed by atoms with van der Waals surface area (Å²) in [5, 5.41) is 11.2. The van der Waals surface area contributed by atoms with Crippen LogP contribution in [0.3, 0.4) is 0 Å². The van der Waals surface area contributed by atoms with Crippen molar-refractivity contribution < 1.29 is 5.11 Å². The zero-order chi connectivity index (χ0) is 18.9. The number of aromatic hydroxyl groups is 1. The summed E-state index contributed by atoms with van der Waals surface area (Å²) in [6.07, 6.45) is 2.59. The Morgan fingerprint density at radius 1 is 0.960 bits per heavy atom. The molecule has 0 aromatic heterocycles. The van der Waals surface area contributed by atoms with E-state index in [0.29, 0.717) is 23.0 Å². The molecular weight excluding hydrogens is 304 g/mol. The maximum absolute atomic E-state index is 11.2. The Kier molecular flexibility index (Phi) is 4.14. The summed E-state index contributed by atoms with van der Waals surface area (Å²) in [7, 11) is 0. The van der Waals surface area contributed by atoms with Crippen molar-refractivity contribution >= 4 is 0 Å². The van der Waals surface area contributed by atoms with Gasteiger partial charge in [0.1, 0.15) is 5.75 Å². The Balaban J connectivity index is 2.14. The number of benzene rings is 1. The molecule has 0 heterocycles. The van der Waals surface area contributed by atoms with Crippen LogP contribution in [0.25, 0.3) is 0 Å². The Morgan fingerprint density at radius 2 is 1.56 bits per heavy atom. The van der Waals surface area contributed by atoms with Gasteiger partial charge in [-0.15, -0.1) is 0 Å². The third kappa shape index (κ3) is 2.92. The molecule has 1 aromatic rings. The van der Waals surface area contributed by atoms with Crippen molar-refractivity contribution in [3.8, 4) is 5.75 Å². The molecule has 4 unspecified atom stereocenters. The monoisotopic (exact) mass is 342 g/mol. The van der Waals surface area contributed by atoms with Crippen LogP contribution < -0.4 is 0 Å². The molecule has 1 nitrogen and oxygen atoms in total.